The van der Waals surface area contributed by atoms with Crippen LogP contribution in [0, 0.1) is 6.92 Å². The number of aryl methyl sites for hydroxylation is 1. The fraction of sp³-hybridized carbons (Fsp3) is 0.333. The number of rotatable bonds is 5. The maximum atomic E-state index is 12.8. The number of nitrogens with zero attached hydrogens (tertiary/aromatic N) is 5. The highest BCUT2D eigenvalue weighted by atomic mass is 32.2. The van der Waals surface area contributed by atoms with Crippen LogP contribution in [0.1, 0.15) is 21.9 Å². The molecule has 3 heterocycles. The van der Waals surface area contributed by atoms with Crippen molar-refractivity contribution in [3.8, 4) is 0 Å². The van der Waals surface area contributed by atoms with E-state index in [0.717, 1.165) is 5.69 Å². The summed E-state index contributed by atoms with van der Waals surface area (Å²) in [4.78, 5) is 20.6. The second-order valence-corrected chi connectivity index (χ2v) is 8.41. The smallest absolute Gasteiger partial charge is 0.378 e. The molecule has 2 aromatic heterocycles. The van der Waals surface area contributed by atoms with Crippen LogP contribution < -0.4 is 0 Å². The number of morpholine rings is 1. The van der Waals surface area contributed by atoms with Gasteiger partial charge in [0.05, 0.1) is 18.1 Å². The Bertz CT molecular complexity index is 1150. The van der Waals surface area contributed by atoms with E-state index in [4.69, 9.17) is 9.47 Å². The van der Waals surface area contributed by atoms with E-state index in [0.29, 0.717) is 37.6 Å². The molecule has 0 saturated carbocycles. The zero-order valence-electron chi connectivity index (χ0n) is 15.7. The second kappa shape index (κ2) is 7.85. The van der Waals surface area contributed by atoms with Gasteiger partial charge in [-0.05, 0) is 30.7 Å². The third kappa shape index (κ3) is 3.97. The van der Waals surface area contributed by atoms with Gasteiger partial charge >= 0.3 is 5.97 Å². The molecule has 0 bridgehead atoms. The van der Waals surface area contributed by atoms with Gasteiger partial charge in [-0.15, -0.1) is 5.10 Å². The highest BCUT2D eigenvalue weighted by Crippen LogP contribution is 2.19. The molecule has 0 spiro atoms. The minimum absolute atomic E-state index is 0.104. The van der Waals surface area contributed by atoms with Crippen LogP contribution in [0.2, 0.25) is 0 Å². The Hall–Kier alpha value is -2.89. The maximum absolute atomic E-state index is 12.8. The van der Waals surface area contributed by atoms with Crippen LogP contribution in [0.5, 0.6) is 0 Å². The molecule has 0 amide bonds. The van der Waals surface area contributed by atoms with Crippen LogP contribution >= 0.6 is 0 Å². The molecule has 1 fully saturated rings. The number of fused-ring (bicyclic) bond motifs is 1. The third-order valence-corrected chi connectivity index (χ3v) is 6.38. The SMILES string of the molecule is Cc1ccnc2nc(C(=O)OCc3cccc(S(=O)(=O)N4CCOCC4)c3)nn12. The van der Waals surface area contributed by atoms with Gasteiger partial charge in [0, 0.05) is 25.0 Å². The van der Waals surface area contributed by atoms with E-state index in [1.54, 1.807) is 24.4 Å². The van der Waals surface area contributed by atoms with Crippen LogP contribution in [0.4, 0.5) is 0 Å². The maximum Gasteiger partial charge on any atom is 0.378 e. The van der Waals surface area contributed by atoms with Gasteiger partial charge in [0.25, 0.3) is 11.6 Å². The van der Waals surface area contributed by atoms with Gasteiger partial charge in [0.2, 0.25) is 10.0 Å². The first-order valence-corrected chi connectivity index (χ1v) is 10.4. The molecule has 1 aromatic carbocycles. The van der Waals surface area contributed by atoms with Crippen molar-refractivity contribution in [2.75, 3.05) is 26.3 Å². The average Bonchev–Trinajstić information content (AvgIpc) is 3.19. The summed E-state index contributed by atoms with van der Waals surface area (Å²) >= 11 is 0. The normalized spacial score (nSPS) is 15.5. The molecule has 0 radical (unpaired) electrons. The van der Waals surface area contributed by atoms with Crippen molar-refractivity contribution < 1.29 is 22.7 Å². The predicted molar refractivity (Wildman–Crippen MR) is 101 cm³/mol. The first kappa shape index (κ1) is 19.4. The molecular weight excluding hydrogens is 398 g/mol. The van der Waals surface area contributed by atoms with Gasteiger partial charge < -0.3 is 9.47 Å². The Labute approximate surface area is 167 Å². The summed E-state index contributed by atoms with van der Waals surface area (Å²) in [5.41, 5.74) is 1.33. The van der Waals surface area contributed by atoms with E-state index in [2.05, 4.69) is 15.1 Å². The number of ether oxygens (including phenoxy) is 2. The number of hydrogen-bond acceptors (Lipinski definition) is 8. The Morgan fingerprint density at radius 3 is 2.79 bits per heavy atom. The number of esters is 1. The summed E-state index contributed by atoms with van der Waals surface area (Å²) in [6, 6.07) is 8.08. The molecule has 1 saturated heterocycles. The first-order valence-electron chi connectivity index (χ1n) is 8.97. The van der Waals surface area contributed by atoms with Crippen LogP contribution in [0.25, 0.3) is 5.78 Å². The molecule has 0 aliphatic carbocycles. The van der Waals surface area contributed by atoms with Gasteiger partial charge in [-0.3, -0.25) is 0 Å². The topological polar surface area (TPSA) is 116 Å². The number of hydrogen-bond donors (Lipinski definition) is 0. The largest absolute Gasteiger partial charge is 0.455 e. The summed E-state index contributed by atoms with van der Waals surface area (Å²) in [7, 11) is -3.62. The molecule has 0 N–H and O–H groups in total. The van der Waals surface area contributed by atoms with Crippen LogP contribution in [-0.2, 0) is 26.1 Å². The van der Waals surface area contributed by atoms with Gasteiger partial charge in [0.15, 0.2) is 0 Å². The highest BCUT2D eigenvalue weighted by Gasteiger charge is 2.26. The summed E-state index contributed by atoms with van der Waals surface area (Å²) in [6.45, 7) is 3.09. The first-order chi connectivity index (χ1) is 13.9. The van der Waals surface area contributed by atoms with Crippen molar-refractivity contribution in [2.24, 2.45) is 0 Å². The lowest BCUT2D eigenvalue weighted by molar-refractivity contribution is 0.0458. The number of sulfonamides is 1. The summed E-state index contributed by atoms with van der Waals surface area (Å²) in [5, 5.41) is 4.10. The van der Waals surface area contributed by atoms with Gasteiger partial charge in [-0.2, -0.15) is 9.29 Å². The molecule has 11 heteroatoms. The molecule has 0 atom stereocenters. The van der Waals surface area contributed by atoms with Crippen molar-refractivity contribution in [1.29, 1.82) is 0 Å². The van der Waals surface area contributed by atoms with Gasteiger partial charge in [-0.1, -0.05) is 12.1 Å². The molecule has 4 rings (SSSR count). The molecule has 29 heavy (non-hydrogen) atoms. The lowest BCUT2D eigenvalue weighted by Gasteiger charge is -2.26. The monoisotopic (exact) mass is 417 g/mol. The average molecular weight is 417 g/mol. The van der Waals surface area contributed by atoms with Gasteiger partial charge in [0.1, 0.15) is 6.61 Å². The second-order valence-electron chi connectivity index (χ2n) is 6.47. The molecular formula is C18H19N5O5S. The number of carbonyl (C=O) groups is 1. The standard InChI is InChI=1S/C18H19N5O5S/c1-13-5-6-19-18-20-16(21-23(13)18)17(24)28-12-14-3-2-4-15(11-14)29(25,26)22-7-9-27-10-8-22/h2-6,11H,7-10,12H2,1H3. The predicted octanol–water partition coefficient (Wildman–Crippen LogP) is 0.811. The van der Waals surface area contributed by atoms with Crippen molar-refractivity contribution in [3.63, 3.8) is 0 Å². The quantitative estimate of drug-likeness (QED) is 0.560. The van der Waals surface area contributed by atoms with E-state index in [1.165, 1.54) is 21.0 Å². The Balaban J connectivity index is 1.47. The minimum Gasteiger partial charge on any atom is -0.455 e. The summed E-state index contributed by atoms with van der Waals surface area (Å²) in [6.07, 6.45) is 1.58. The molecule has 10 nitrogen and oxygen atoms in total. The zero-order valence-corrected chi connectivity index (χ0v) is 16.5. The van der Waals surface area contributed by atoms with Crippen LogP contribution in [0.15, 0.2) is 41.4 Å². The van der Waals surface area contributed by atoms with E-state index < -0.39 is 16.0 Å². The van der Waals surface area contributed by atoms with E-state index in [1.807, 2.05) is 6.92 Å². The lowest BCUT2D eigenvalue weighted by atomic mass is 10.2. The molecule has 152 valence electrons. The third-order valence-electron chi connectivity index (χ3n) is 4.49. The fourth-order valence-electron chi connectivity index (χ4n) is 2.94. The van der Waals surface area contributed by atoms with E-state index in [-0.39, 0.29) is 17.3 Å². The van der Waals surface area contributed by atoms with E-state index in [9.17, 15) is 13.2 Å². The number of carbonyl (C=O) groups excluding carboxylic acids is 1. The Kier molecular flexibility index (Phi) is 5.26. The zero-order chi connectivity index (χ0) is 20.4. The van der Waals surface area contributed by atoms with Gasteiger partial charge in [-0.25, -0.2) is 22.7 Å². The Morgan fingerprint density at radius 2 is 2.03 bits per heavy atom. The lowest BCUT2D eigenvalue weighted by Crippen LogP contribution is -2.40. The molecule has 1 aliphatic heterocycles. The minimum atomic E-state index is -3.62. The van der Waals surface area contributed by atoms with Crippen molar-refractivity contribution in [1.82, 2.24) is 23.9 Å². The van der Waals surface area contributed by atoms with E-state index >= 15 is 0 Å². The van der Waals surface area contributed by atoms with Crippen molar-refractivity contribution in [2.45, 2.75) is 18.4 Å². The number of benzene rings is 1. The molecule has 3 aromatic rings. The van der Waals surface area contributed by atoms with Crippen LogP contribution in [-0.4, -0.2) is 64.6 Å². The van der Waals surface area contributed by atoms with Crippen molar-refractivity contribution in [3.05, 3.63) is 53.6 Å². The van der Waals surface area contributed by atoms with Crippen molar-refractivity contribution >= 4 is 21.8 Å². The fourth-order valence-corrected chi connectivity index (χ4v) is 4.42. The summed E-state index contributed by atoms with van der Waals surface area (Å²) in [5.74, 6) is -0.518. The molecule has 0 unspecified atom stereocenters. The Morgan fingerprint density at radius 1 is 1.24 bits per heavy atom. The summed E-state index contributed by atoms with van der Waals surface area (Å²) < 4.78 is 38.8. The van der Waals surface area contributed by atoms with Crippen LogP contribution in [0.3, 0.4) is 0 Å². The number of aromatic nitrogens is 4. The highest BCUT2D eigenvalue weighted by molar-refractivity contribution is 7.89. The molecule has 1 aliphatic rings.